The molecule has 1 aliphatic carbocycles. The van der Waals surface area contributed by atoms with Gasteiger partial charge in [0.2, 0.25) is 0 Å². The molecule has 134 valence electrons. The number of halogens is 4. The van der Waals surface area contributed by atoms with Crippen LogP contribution in [0.2, 0.25) is 0 Å². The van der Waals surface area contributed by atoms with Crippen LogP contribution < -0.4 is 5.32 Å². The first-order valence-electron chi connectivity index (χ1n) is 8.77. The van der Waals surface area contributed by atoms with Gasteiger partial charge in [-0.3, -0.25) is 4.90 Å². The molecule has 0 amide bonds. The molecule has 2 nitrogen and oxygen atoms in total. The normalized spacial score (nSPS) is 22.5. The number of nitrogens with one attached hydrogen (secondary N) is 1. The fourth-order valence-corrected chi connectivity index (χ4v) is 4.14. The Labute approximate surface area is 140 Å². The molecule has 1 aromatic carbocycles. The van der Waals surface area contributed by atoms with Crippen LogP contribution in [0.5, 0.6) is 0 Å². The molecule has 2 fully saturated rings. The second kappa shape index (κ2) is 7.40. The number of piperazine rings is 1. The predicted octanol–water partition coefficient (Wildman–Crippen LogP) is 4.37. The Hall–Kier alpha value is -1.14. The molecule has 0 spiro atoms. The van der Waals surface area contributed by atoms with E-state index in [-0.39, 0.29) is 6.04 Å². The van der Waals surface area contributed by atoms with E-state index in [4.69, 9.17) is 0 Å². The lowest BCUT2D eigenvalue weighted by Gasteiger charge is -2.41. The summed E-state index contributed by atoms with van der Waals surface area (Å²) in [6.45, 7) is 3.23. The minimum Gasteiger partial charge on any atom is -0.314 e. The van der Waals surface area contributed by atoms with E-state index in [9.17, 15) is 17.6 Å². The molecule has 3 rings (SSSR count). The van der Waals surface area contributed by atoms with Crippen molar-refractivity contribution in [2.24, 2.45) is 5.92 Å². The minimum atomic E-state index is -4.52. The topological polar surface area (TPSA) is 15.3 Å². The van der Waals surface area contributed by atoms with Crippen molar-refractivity contribution in [3.63, 3.8) is 0 Å². The van der Waals surface area contributed by atoms with Crippen LogP contribution in [0, 0.1) is 11.7 Å². The van der Waals surface area contributed by atoms with Gasteiger partial charge in [0, 0.05) is 32.2 Å². The predicted molar refractivity (Wildman–Crippen MR) is 85.2 cm³/mol. The third kappa shape index (κ3) is 4.09. The Morgan fingerprint density at radius 2 is 1.67 bits per heavy atom. The van der Waals surface area contributed by atoms with Crippen molar-refractivity contribution >= 4 is 0 Å². The zero-order chi connectivity index (χ0) is 17.2. The maximum atomic E-state index is 13.9. The van der Waals surface area contributed by atoms with Crippen LogP contribution in [0.15, 0.2) is 18.2 Å². The van der Waals surface area contributed by atoms with Crippen molar-refractivity contribution in [2.45, 2.75) is 44.3 Å². The van der Waals surface area contributed by atoms with Crippen LogP contribution in [0.25, 0.3) is 0 Å². The van der Waals surface area contributed by atoms with Crippen LogP contribution in [-0.2, 0) is 6.18 Å². The number of hydrogen-bond donors (Lipinski definition) is 1. The quantitative estimate of drug-likeness (QED) is 0.819. The second-order valence-electron chi connectivity index (χ2n) is 6.90. The SMILES string of the molecule is Fc1cc([C@@H](C2CCCCC2)N2CCNCC2)cc(C(F)(F)F)c1. The summed E-state index contributed by atoms with van der Waals surface area (Å²) < 4.78 is 53.2. The van der Waals surface area contributed by atoms with Crippen molar-refractivity contribution in [2.75, 3.05) is 26.2 Å². The van der Waals surface area contributed by atoms with Crippen molar-refractivity contribution < 1.29 is 17.6 Å². The summed E-state index contributed by atoms with van der Waals surface area (Å²) in [7, 11) is 0. The lowest BCUT2D eigenvalue weighted by molar-refractivity contribution is -0.137. The monoisotopic (exact) mass is 344 g/mol. The highest BCUT2D eigenvalue weighted by molar-refractivity contribution is 5.30. The van der Waals surface area contributed by atoms with Crippen molar-refractivity contribution in [1.82, 2.24) is 10.2 Å². The summed E-state index contributed by atoms with van der Waals surface area (Å²) in [5.74, 6) is -0.490. The molecular weight excluding hydrogens is 320 g/mol. The molecule has 1 saturated heterocycles. The van der Waals surface area contributed by atoms with Gasteiger partial charge in [-0.2, -0.15) is 13.2 Å². The average Bonchev–Trinajstić information content (AvgIpc) is 2.56. The van der Waals surface area contributed by atoms with Crippen molar-refractivity contribution in [3.8, 4) is 0 Å². The molecular formula is C18H24F4N2. The fraction of sp³-hybridized carbons (Fsp3) is 0.667. The highest BCUT2D eigenvalue weighted by Gasteiger charge is 2.35. The first-order chi connectivity index (χ1) is 11.4. The number of benzene rings is 1. The highest BCUT2D eigenvalue weighted by atomic mass is 19.4. The second-order valence-corrected chi connectivity index (χ2v) is 6.90. The van der Waals surface area contributed by atoms with Gasteiger partial charge in [0.25, 0.3) is 0 Å². The molecule has 24 heavy (non-hydrogen) atoms. The van der Waals surface area contributed by atoms with Crippen molar-refractivity contribution in [1.29, 1.82) is 0 Å². The zero-order valence-electron chi connectivity index (χ0n) is 13.7. The van der Waals surface area contributed by atoms with Gasteiger partial charge in [0.1, 0.15) is 5.82 Å². The van der Waals surface area contributed by atoms with E-state index >= 15 is 0 Å². The van der Waals surface area contributed by atoms with E-state index in [0.717, 1.165) is 57.9 Å². The van der Waals surface area contributed by atoms with Gasteiger partial charge in [-0.1, -0.05) is 19.3 Å². The van der Waals surface area contributed by atoms with Gasteiger partial charge >= 0.3 is 6.18 Å². The molecule has 6 heteroatoms. The Morgan fingerprint density at radius 1 is 1.00 bits per heavy atom. The average molecular weight is 344 g/mol. The fourth-order valence-electron chi connectivity index (χ4n) is 4.14. The van der Waals surface area contributed by atoms with E-state index in [1.54, 1.807) is 0 Å². The third-order valence-electron chi connectivity index (χ3n) is 5.23. The summed E-state index contributed by atoms with van der Waals surface area (Å²) in [5.41, 5.74) is -0.399. The lowest BCUT2D eigenvalue weighted by atomic mass is 9.80. The molecule has 2 aliphatic rings. The first-order valence-corrected chi connectivity index (χ1v) is 8.77. The molecule has 1 atom stereocenters. The molecule has 0 radical (unpaired) electrons. The van der Waals surface area contributed by atoms with Gasteiger partial charge in [-0.05, 0) is 42.5 Å². The molecule has 0 aromatic heterocycles. The number of alkyl halides is 3. The van der Waals surface area contributed by atoms with E-state index < -0.39 is 17.6 Å². The Morgan fingerprint density at radius 3 is 2.29 bits per heavy atom. The molecule has 0 unspecified atom stereocenters. The smallest absolute Gasteiger partial charge is 0.314 e. The van der Waals surface area contributed by atoms with Gasteiger partial charge in [-0.25, -0.2) is 4.39 Å². The zero-order valence-corrected chi connectivity index (χ0v) is 13.7. The van der Waals surface area contributed by atoms with Gasteiger partial charge < -0.3 is 5.32 Å². The first kappa shape index (κ1) is 17.7. The Balaban J connectivity index is 1.96. The highest BCUT2D eigenvalue weighted by Crippen LogP contribution is 2.40. The van der Waals surface area contributed by atoms with E-state index in [1.807, 2.05) is 0 Å². The van der Waals surface area contributed by atoms with Gasteiger partial charge in [0.15, 0.2) is 0 Å². The van der Waals surface area contributed by atoms with Gasteiger partial charge in [0.05, 0.1) is 5.56 Å². The largest absolute Gasteiger partial charge is 0.416 e. The molecule has 1 saturated carbocycles. The maximum Gasteiger partial charge on any atom is 0.416 e. The number of nitrogens with zero attached hydrogens (tertiary/aromatic N) is 1. The minimum absolute atomic E-state index is 0.121. The van der Waals surface area contributed by atoms with Crippen LogP contribution in [0.1, 0.15) is 49.3 Å². The van der Waals surface area contributed by atoms with Crippen LogP contribution in [0.3, 0.4) is 0 Å². The number of hydrogen-bond acceptors (Lipinski definition) is 2. The molecule has 1 N–H and O–H groups in total. The molecule has 1 heterocycles. The molecule has 1 aromatic rings. The summed E-state index contributed by atoms with van der Waals surface area (Å²) in [6.07, 6.45) is 0.890. The van der Waals surface area contributed by atoms with Gasteiger partial charge in [-0.15, -0.1) is 0 Å². The maximum absolute atomic E-state index is 13.9. The summed E-state index contributed by atoms with van der Waals surface area (Å²) >= 11 is 0. The number of rotatable bonds is 3. The van der Waals surface area contributed by atoms with E-state index in [0.29, 0.717) is 17.5 Å². The third-order valence-corrected chi connectivity index (χ3v) is 5.23. The van der Waals surface area contributed by atoms with E-state index in [2.05, 4.69) is 10.2 Å². The van der Waals surface area contributed by atoms with Crippen LogP contribution in [-0.4, -0.2) is 31.1 Å². The lowest BCUT2D eigenvalue weighted by Crippen LogP contribution is -2.47. The van der Waals surface area contributed by atoms with Crippen LogP contribution in [0.4, 0.5) is 17.6 Å². The summed E-state index contributed by atoms with van der Waals surface area (Å²) in [6, 6.07) is 2.93. The van der Waals surface area contributed by atoms with E-state index in [1.165, 1.54) is 12.5 Å². The molecule has 1 aliphatic heterocycles. The molecule has 0 bridgehead atoms. The Kier molecular flexibility index (Phi) is 5.45. The Bertz CT molecular complexity index is 528. The summed E-state index contributed by atoms with van der Waals surface area (Å²) in [4.78, 5) is 2.24. The van der Waals surface area contributed by atoms with Crippen LogP contribution >= 0.6 is 0 Å². The van der Waals surface area contributed by atoms with Crippen molar-refractivity contribution in [3.05, 3.63) is 35.1 Å². The standard InChI is InChI=1S/C18H24F4N2/c19-16-11-14(10-15(12-16)18(20,21)22)17(13-4-2-1-3-5-13)24-8-6-23-7-9-24/h10-13,17,23H,1-9H2/t17-/m1/s1. The summed E-state index contributed by atoms with van der Waals surface area (Å²) in [5, 5.41) is 3.28.